The molecule has 0 radical (unpaired) electrons. The number of hydrogen-bond donors (Lipinski definition) is 2. The third-order valence-corrected chi connectivity index (χ3v) is 6.01. The highest BCUT2D eigenvalue weighted by molar-refractivity contribution is 7.80. The van der Waals surface area contributed by atoms with Crippen molar-refractivity contribution >= 4 is 52.5 Å². The van der Waals surface area contributed by atoms with Crippen LogP contribution in [0.5, 0.6) is 0 Å². The van der Waals surface area contributed by atoms with Gasteiger partial charge in [-0.15, -0.1) is 11.3 Å². The van der Waals surface area contributed by atoms with Gasteiger partial charge in [0, 0.05) is 24.0 Å². The van der Waals surface area contributed by atoms with Crippen LogP contribution in [0.1, 0.15) is 23.3 Å². The third-order valence-electron chi connectivity index (χ3n) is 4.84. The van der Waals surface area contributed by atoms with E-state index < -0.39 is 17.9 Å². The van der Waals surface area contributed by atoms with E-state index in [2.05, 4.69) is 10.6 Å². The van der Waals surface area contributed by atoms with E-state index in [9.17, 15) is 14.4 Å². The molecule has 3 rings (SSSR count). The van der Waals surface area contributed by atoms with Gasteiger partial charge in [-0.3, -0.25) is 19.7 Å². The van der Waals surface area contributed by atoms with Crippen molar-refractivity contribution in [1.29, 1.82) is 0 Å². The highest BCUT2D eigenvalue weighted by Gasteiger charge is 2.34. The van der Waals surface area contributed by atoms with Crippen molar-refractivity contribution in [2.45, 2.75) is 25.3 Å². The highest BCUT2D eigenvalue weighted by Crippen LogP contribution is 2.12. The Bertz CT molecular complexity index is 961. The minimum atomic E-state index is -0.820. The molecule has 0 aliphatic carbocycles. The van der Waals surface area contributed by atoms with Crippen LogP contribution >= 0.6 is 23.6 Å². The lowest BCUT2D eigenvalue weighted by Crippen LogP contribution is -2.60. The monoisotopic (exact) mass is 471 g/mol. The van der Waals surface area contributed by atoms with Crippen LogP contribution in [0.4, 0.5) is 0 Å². The van der Waals surface area contributed by atoms with Gasteiger partial charge in [0.2, 0.25) is 11.8 Å². The zero-order valence-corrected chi connectivity index (χ0v) is 19.1. The Labute approximate surface area is 196 Å². The summed E-state index contributed by atoms with van der Waals surface area (Å²) < 4.78 is 5.32. The number of thiophene rings is 1. The van der Waals surface area contributed by atoms with Crippen molar-refractivity contribution in [3.8, 4) is 0 Å². The van der Waals surface area contributed by atoms with Gasteiger partial charge in [0.1, 0.15) is 6.04 Å². The van der Waals surface area contributed by atoms with Gasteiger partial charge in [-0.05, 0) is 48.1 Å². The summed E-state index contributed by atoms with van der Waals surface area (Å²) in [4.78, 5) is 39.4. The van der Waals surface area contributed by atoms with Crippen LogP contribution < -0.4 is 10.6 Å². The molecule has 1 atom stereocenters. The van der Waals surface area contributed by atoms with Crippen molar-refractivity contribution in [3.05, 3.63) is 64.4 Å². The van der Waals surface area contributed by atoms with Crippen molar-refractivity contribution in [1.82, 2.24) is 15.5 Å². The molecular weight excluding hydrogens is 446 g/mol. The lowest BCUT2D eigenvalue weighted by molar-refractivity contribution is -0.147. The number of amides is 2. The molecule has 1 saturated heterocycles. The SMILES string of the molecule is O=C(C=Cc1cccs1)NC(=S)N1CCNC(=O)C1CC(=O)OCCCc1ccccc1. The Hall–Kier alpha value is -3.04. The number of rotatable bonds is 8. The number of nitrogens with zero attached hydrogens (tertiary/aromatic N) is 1. The zero-order chi connectivity index (χ0) is 22.8. The maximum Gasteiger partial charge on any atom is 0.308 e. The zero-order valence-electron chi connectivity index (χ0n) is 17.5. The van der Waals surface area contributed by atoms with Gasteiger partial charge >= 0.3 is 5.97 Å². The molecule has 1 fully saturated rings. The lowest BCUT2D eigenvalue weighted by Gasteiger charge is -2.36. The van der Waals surface area contributed by atoms with Gasteiger partial charge in [-0.25, -0.2) is 0 Å². The summed E-state index contributed by atoms with van der Waals surface area (Å²) in [5, 5.41) is 7.38. The maximum atomic E-state index is 12.4. The Kier molecular flexibility index (Phi) is 8.94. The summed E-state index contributed by atoms with van der Waals surface area (Å²) in [6, 6.07) is 12.9. The van der Waals surface area contributed by atoms with Gasteiger partial charge in [0.25, 0.3) is 0 Å². The number of piperazine rings is 1. The molecule has 0 bridgehead atoms. The summed E-state index contributed by atoms with van der Waals surface area (Å²) in [5.41, 5.74) is 1.18. The average Bonchev–Trinajstić information content (AvgIpc) is 3.31. The van der Waals surface area contributed by atoms with Gasteiger partial charge in [0.15, 0.2) is 5.11 Å². The molecule has 7 nitrogen and oxygen atoms in total. The van der Waals surface area contributed by atoms with E-state index in [0.29, 0.717) is 19.5 Å². The molecule has 2 amide bonds. The highest BCUT2D eigenvalue weighted by atomic mass is 32.1. The molecule has 1 aromatic heterocycles. The van der Waals surface area contributed by atoms with Gasteiger partial charge < -0.3 is 15.0 Å². The molecular formula is C23H25N3O4S2. The first-order valence-corrected chi connectivity index (χ1v) is 11.6. The molecule has 1 aromatic carbocycles. The van der Waals surface area contributed by atoms with E-state index in [1.54, 1.807) is 11.0 Å². The first-order chi connectivity index (χ1) is 15.5. The first kappa shape index (κ1) is 23.6. The predicted octanol–water partition coefficient (Wildman–Crippen LogP) is 2.53. The number of carbonyl (C=O) groups is 3. The normalized spacial score (nSPS) is 15.9. The molecule has 9 heteroatoms. The van der Waals surface area contributed by atoms with E-state index >= 15 is 0 Å². The molecule has 32 heavy (non-hydrogen) atoms. The fourth-order valence-electron chi connectivity index (χ4n) is 3.25. The number of carbonyl (C=O) groups excluding carboxylic acids is 3. The number of hydrogen-bond acceptors (Lipinski definition) is 6. The average molecular weight is 472 g/mol. The Morgan fingerprint density at radius 3 is 2.81 bits per heavy atom. The van der Waals surface area contributed by atoms with Gasteiger partial charge in [-0.2, -0.15) is 0 Å². The summed E-state index contributed by atoms with van der Waals surface area (Å²) in [7, 11) is 0. The van der Waals surface area contributed by atoms with Crippen molar-refractivity contribution in [3.63, 3.8) is 0 Å². The largest absolute Gasteiger partial charge is 0.466 e. The van der Waals surface area contributed by atoms with Crippen LogP contribution in [0.25, 0.3) is 6.08 Å². The summed E-state index contributed by atoms with van der Waals surface area (Å²) in [6.07, 6.45) is 4.44. The number of ether oxygens (including phenoxy) is 1. The maximum absolute atomic E-state index is 12.4. The Morgan fingerprint density at radius 1 is 1.25 bits per heavy atom. The fraction of sp³-hybridized carbons (Fsp3) is 0.304. The first-order valence-electron chi connectivity index (χ1n) is 10.3. The van der Waals surface area contributed by atoms with Gasteiger partial charge in [0.05, 0.1) is 13.0 Å². The molecule has 2 heterocycles. The van der Waals surface area contributed by atoms with Crippen molar-refractivity contribution < 1.29 is 19.1 Å². The van der Waals surface area contributed by atoms with E-state index in [0.717, 1.165) is 11.3 Å². The quantitative estimate of drug-likeness (QED) is 0.266. The second-order valence-corrected chi connectivity index (χ2v) is 8.52. The van der Waals surface area contributed by atoms with E-state index in [1.807, 2.05) is 47.8 Å². The van der Waals surface area contributed by atoms with Crippen LogP contribution in [0, 0.1) is 0 Å². The topological polar surface area (TPSA) is 87.7 Å². The molecule has 168 valence electrons. The second kappa shape index (κ2) is 12.1. The molecule has 1 unspecified atom stereocenters. The molecule has 1 aliphatic rings. The second-order valence-electron chi connectivity index (χ2n) is 7.16. The molecule has 1 aliphatic heterocycles. The molecule has 0 saturated carbocycles. The van der Waals surface area contributed by atoms with E-state index in [4.69, 9.17) is 17.0 Å². The summed E-state index contributed by atoms with van der Waals surface area (Å²) in [6.45, 7) is 1.05. The molecule has 2 aromatic rings. The molecule has 0 spiro atoms. The standard InChI is InChI=1S/C23H25N3O4S2/c27-20(11-10-18-9-5-15-32-18)25-23(31)26-13-12-24-22(29)19(26)16-21(28)30-14-4-8-17-6-2-1-3-7-17/h1-3,5-7,9-11,15,19H,4,8,12-14,16H2,(H,24,29)(H,25,27,31). The smallest absolute Gasteiger partial charge is 0.308 e. The summed E-state index contributed by atoms with van der Waals surface area (Å²) >= 11 is 6.85. The number of thiocarbonyl (C=S) groups is 1. The minimum absolute atomic E-state index is 0.113. The minimum Gasteiger partial charge on any atom is -0.466 e. The number of benzene rings is 1. The summed E-state index contributed by atoms with van der Waals surface area (Å²) in [5.74, 6) is -1.18. The van der Waals surface area contributed by atoms with Crippen molar-refractivity contribution in [2.24, 2.45) is 0 Å². The number of aryl methyl sites for hydroxylation is 1. The lowest BCUT2D eigenvalue weighted by atomic mass is 10.1. The van der Waals surface area contributed by atoms with Crippen LogP contribution in [-0.2, 0) is 25.5 Å². The van der Waals surface area contributed by atoms with Crippen LogP contribution in [0.15, 0.2) is 53.9 Å². The Balaban J connectivity index is 1.48. The predicted molar refractivity (Wildman–Crippen MR) is 128 cm³/mol. The number of esters is 1. The van der Waals surface area contributed by atoms with Crippen LogP contribution in [0.2, 0.25) is 0 Å². The third kappa shape index (κ3) is 7.28. The molecule has 2 N–H and O–H groups in total. The van der Waals surface area contributed by atoms with Crippen molar-refractivity contribution in [2.75, 3.05) is 19.7 Å². The van der Waals surface area contributed by atoms with E-state index in [1.165, 1.54) is 23.0 Å². The Morgan fingerprint density at radius 2 is 2.06 bits per heavy atom. The fourth-order valence-corrected chi connectivity index (χ4v) is 4.18. The van der Waals surface area contributed by atoms with Gasteiger partial charge in [-0.1, -0.05) is 36.4 Å². The van der Waals surface area contributed by atoms with E-state index in [-0.39, 0.29) is 24.0 Å². The number of nitrogens with one attached hydrogen (secondary N) is 2. The van der Waals surface area contributed by atoms with Crippen LogP contribution in [0.3, 0.4) is 0 Å². The van der Waals surface area contributed by atoms with Crippen LogP contribution in [-0.4, -0.2) is 53.5 Å².